The van der Waals surface area contributed by atoms with Crippen LogP contribution in [0.1, 0.15) is 41.6 Å². The number of phenols is 1. The summed E-state index contributed by atoms with van der Waals surface area (Å²) < 4.78 is 5.34. The number of amides is 5. The minimum atomic E-state index is -1.31. The molecule has 15 heteroatoms. The van der Waals surface area contributed by atoms with Gasteiger partial charge in [0.25, 0.3) is 5.91 Å². The molecule has 3 fully saturated rings. The molecule has 0 bridgehead atoms. The number of nitrogens with one attached hydrogen (secondary N) is 2. The second-order valence-electron chi connectivity index (χ2n) is 9.73. The monoisotopic (exact) mass is 560 g/mol. The van der Waals surface area contributed by atoms with Crippen LogP contribution in [0.4, 0.5) is 4.79 Å². The number of carboxylic acid groups (broad SMARTS) is 1. The van der Waals surface area contributed by atoms with Gasteiger partial charge in [-0.2, -0.15) is 0 Å². The first kappa shape index (κ1) is 28.8. The molecular weight excluding hydrogens is 528 g/mol. The molecule has 40 heavy (non-hydrogen) atoms. The van der Waals surface area contributed by atoms with Gasteiger partial charge in [-0.15, -0.1) is 0 Å². The fourth-order valence-corrected chi connectivity index (χ4v) is 4.86. The van der Waals surface area contributed by atoms with E-state index in [9.17, 15) is 33.9 Å². The van der Waals surface area contributed by atoms with Crippen LogP contribution in [-0.4, -0.2) is 118 Å². The molecular formula is C25H32N6O9. The first-order valence-electron chi connectivity index (χ1n) is 13.0. The Labute approximate surface area is 229 Å². The van der Waals surface area contributed by atoms with E-state index in [4.69, 9.17) is 9.84 Å². The lowest BCUT2D eigenvalue weighted by molar-refractivity contribution is -0.155. The molecule has 0 unspecified atom stereocenters. The zero-order valence-electron chi connectivity index (χ0n) is 21.8. The number of fused-ring (bicyclic) bond motifs is 1. The van der Waals surface area contributed by atoms with Gasteiger partial charge in [0.1, 0.15) is 18.1 Å². The van der Waals surface area contributed by atoms with Crippen molar-refractivity contribution in [3.8, 4) is 5.75 Å². The molecule has 3 saturated heterocycles. The molecule has 1 aromatic rings. The summed E-state index contributed by atoms with van der Waals surface area (Å²) in [5.74, 6) is -3.15. The smallest absolute Gasteiger partial charge is 0.358 e. The number of nitrogens with zero attached hydrogens (tertiary/aromatic N) is 4. The number of hydrogen-bond donors (Lipinski definition) is 4. The summed E-state index contributed by atoms with van der Waals surface area (Å²) in [7, 11) is 0. The molecule has 0 spiro atoms. The quantitative estimate of drug-likeness (QED) is 0.274. The van der Waals surface area contributed by atoms with Crippen LogP contribution in [0, 0.1) is 0 Å². The van der Waals surface area contributed by atoms with Crippen molar-refractivity contribution in [3.63, 3.8) is 0 Å². The molecule has 3 heterocycles. The predicted octanol–water partition coefficient (Wildman–Crippen LogP) is -0.939. The number of hydrogen-bond acceptors (Lipinski definition) is 9. The van der Waals surface area contributed by atoms with Crippen molar-refractivity contribution in [2.45, 2.75) is 44.3 Å². The van der Waals surface area contributed by atoms with Crippen LogP contribution in [0.15, 0.2) is 18.2 Å². The van der Waals surface area contributed by atoms with Gasteiger partial charge in [-0.1, -0.05) is 0 Å². The van der Waals surface area contributed by atoms with Crippen molar-refractivity contribution in [1.29, 1.82) is 0 Å². The van der Waals surface area contributed by atoms with E-state index in [0.29, 0.717) is 51.1 Å². The Balaban J connectivity index is 1.50. The van der Waals surface area contributed by atoms with Crippen molar-refractivity contribution in [2.24, 2.45) is 0 Å². The Morgan fingerprint density at radius 2 is 1.88 bits per heavy atom. The highest BCUT2D eigenvalue weighted by molar-refractivity contribution is 5.97. The second kappa shape index (κ2) is 12.7. The molecule has 216 valence electrons. The average molecular weight is 561 g/mol. The van der Waals surface area contributed by atoms with E-state index < -0.39 is 48.2 Å². The summed E-state index contributed by atoms with van der Waals surface area (Å²) >= 11 is 0. The van der Waals surface area contributed by atoms with Crippen molar-refractivity contribution >= 4 is 36.0 Å². The van der Waals surface area contributed by atoms with Crippen molar-refractivity contribution in [3.05, 3.63) is 29.3 Å². The number of phenolic OH excluding ortho intramolecular Hbond substituents is 1. The third-order valence-electron chi connectivity index (χ3n) is 6.93. The normalized spacial score (nSPS) is 20.8. The lowest BCUT2D eigenvalue weighted by atomic mass is 10.1. The highest BCUT2D eigenvalue weighted by Gasteiger charge is 2.44. The maximum absolute atomic E-state index is 13.6. The Morgan fingerprint density at radius 3 is 2.58 bits per heavy atom. The van der Waals surface area contributed by atoms with E-state index in [1.54, 1.807) is 0 Å². The van der Waals surface area contributed by atoms with Crippen LogP contribution in [0.2, 0.25) is 0 Å². The van der Waals surface area contributed by atoms with E-state index in [1.807, 2.05) is 0 Å². The first-order chi connectivity index (χ1) is 19.2. The first-order valence-corrected chi connectivity index (χ1v) is 13.0. The molecule has 0 radical (unpaired) electrons. The van der Waals surface area contributed by atoms with Crippen molar-refractivity contribution in [1.82, 2.24) is 30.7 Å². The minimum Gasteiger partial charge on any atom is -0.508 e. The zero-order chi connectivity index (χ0) is 28.8. The fraction of sp³-hybridized carbons (Fsp3) is 0.520. The molecule has 3 aliphatic rings. The van der Waals surface area contributed by atoms with Crippen molar-refractivity contribution in [2.75, 3.05) is 39.4 Å². The SMILES string of the molecule is O=C[C@H](CC(=O)O)NC(=O)[C@@H]1CCCN2C(=O)CCN(NC(=O)c3ccc(O)c(CN4CCOCC4)c3)C(=O)N12. The lowest BCUT2D eigenvalue weighted by Crippen LogP contribution is -2.64. The Hall–Kier alpha value is -4.24. The Kier molecular flexibility index (Phi) is 9.16. The van der Waals surface area contributed by atoms with Crippen LogP contribution in [-0.2, 0) is 30.5 Å². The standard InChI is InChI=1S/C25H32N6O9/c32-15-18(13-22(35)36)26-24(38)19-2-1-6-30-21(34)5-7-29(25(39)31(19)30)27-23(37)16-3-4-20(33)17(12-16)14-28-8-10-40-11-9-28/h3-4,12,15,18-19,33H,1-2,5-11,13-14H2,(H,26,38)(H,27,37)(H,35,36)/t18-,19-/m0/s1. The maximum atomic E-state index is 13.6. The number of carbonyl (C=O) groups is 6. The molecule has 3 aliphatic heterocycles. The van der Waals surface area contributed by atoms with Gasteiger partial charge in [0.2, 0.25) is 11.8 Å². The van der Waals surface area contributed by atoms with Gasteiger partial charge in [-0.3, -0.25) is 29.5 Å². The van der Waals surface area contributed by atoms with E-state index in [1.165, 1.54) is 18.2 Å². The van der Waals surface area contributed by atoms with E-state index in [0.717, 1.165) is 15.0 Å². The number of ether oxygens (including phenoxy) is 1. The number of urea groups is 1. The van der Waals surface area contributed by atoms with Gasteiger partial charge < -0.3 is 25.1 Å². The highest BCUT2D eigenvalue weighted by atomic mass is 16.5. The second-order valence-corrected chi connectivity index (χ2v) is 9.73. The minimum absolute atomic E-state index is 0.0221. The highest BCUT2D eigenvalue weighted by Crippen LogP contribution is 2.25. The van der Waals surface area contributed by atoms with Gasteiger partial charge in [-0.05, 0) is 31.0 Å². The number of morpholine rings is 1. The van der Waals surface area contributed by atoms with Crippen LogP contribution in [0.25, 0.3) is 0 Å². The van der Waals surface area contributed by atoms with E-state index >= 15 is 0 Å². The third-order valence-corrected chi connectivity index (χ3v) is 6.93. The van der Waals surface area contributed by atoms with E-state index in [-0.39, 0.29) is 37.2 Å². The summed E-state index contributed by atoms with van der Waals surface area (Å²) in [5, 5.41) is 24.7. The summed E-state index contributed by atoms with van der Waals surface area (Å²) in [6, 6.07) is 0.993. The molecule has 15 nitrogen and oxygen atoms in total. The zero-order valence-corrected chi connectivity index (χ0v) is 21.8. The van der Waals surface area contributed by atoms with Gasteiger partial charge in [0, 0.05) is 43.7 Å². The third kappa shape index (κ3) is 6.66. The van der Waals surface area contributed by atoms with Gasteiger partial charge in [0.15, 0.2) is 0 Å². The number of carbonyl (C=O) groups excluding carboxylic acids is 5. The number of aliphatic carboxylic acids is 1. The summed E-state index contributed by atoms with van der Waals surface area (Å²) in [6.07, 6.45) is 0.0832. The molecule has 2 atom stereocenters. The molecule has 1 aromatic carbocycles. The molecule has 4 N–H and O–H groups in total. The van der Waals surface area contributed by atoms with Crippen LogP contribution in [0.5, 0.6) is 5.75 Å². The van der Waals surface area contributed by atoms with Crippen molar-refractivity contribution < 1.29 is 43.7 Å². The van der Waals surface area contributed by atoms with Crippen LogP contribution >= 0.6 is 0 Å². The number of hydrazine groups is 2. The molecule has 0 aromatic heterocycles. The number of aldehydes is 1. The summed E-state index contributed by atoms with van der Waals surface area (Å²) in [5.41, 5.74) is 3.21. The topological polar surface area (TPSA) is 189 Å². The van der Waals surface area contributed by atoms with Crippen LogP contribution in [0.3, 0.4) is 0 Å². The number of benzene rings is 1. The number of rotatable bonds is 9. The number of aromatic hydroxyl groups is 1. The summed E-state index contributed by atoms with van der Waals surface area (Å²) in [4.78, 5) is 76.9. The molecule has 4 rings (SSSR count). The van der Waals surface area contributed by atoms with Crippen LogP contribution < -0.4 is 10.7 Å². The predicted molar refractivity (Wildman–Crippen MR) is 135 cm³/mol. The average Bonchev–Trinajstić information content (AvgIpc) is 3.06. The molecule has 0 aliphatic carbocycles. The lowest BCUT2D eigenvalue weighted by Gasteiger charge is -2.42. The molecule has 0 saturated carbocycles. The summed E-state index contributed by atoms with van der Waals surface area (Å²) in [6.45, 7) is 2.91. The Morgan fingerprint density at radius 1 is 1.12 bits per heavy atom. The van der Waals surface area contributed by atoms with Gasteiger partial charge >= 0.3 is 12.0 Å². The molecule has 5 amide bonds. The Bertz CT molecular complexity index is 1170. The van der Waals surface area contributed by atoms with Gasteiger partial charge in [-0.25, -0.2) is 19.8 Å². The largest absolute Gasteiger partial charge is 0.508 e. The van der Waals surface area contributed by atoms with Gasteiger partial charge in [0.05, 0.1) is 32.2 Å². The number of carboxylic acids is 1. The maximum Gasteiger partial charge on any atom is 0.358 e. The van der Waals surface area contributed by atoms with E-state index in [2.05, 4.69) is 15.6 Å². The fourth-order valence-electron chi connectivity index (χ4n) is 4.86.